The Labute approximate surface area is 97.3 Å². The molecule has 0 amide bonds. The molecule has 0 aromatic heterocycles. The third-order valence-corrected chi connectivity index (χ3v) is 2.33. The van der Waals surface area contributed by atoms with Gasteiger partial charge in [0.2, 0.25) is 11.8 Å². The number of hydrogen-bond acceptors (Lipinski definition) is 5. The second-order valence-corrected chi connectivity index (χ2v) is 3.24. The van der Waals surface area contributed by atoms with E-state index in [4.69, 9.17) is 21.1 Å². The molecule has 16 heavy (non-hydrogen) atoms. The molecular weight excluding hydrogens is 234 g/mol. The molecule has 0 bridgehead atoms. The highest BCUT2D eigenvalue weighted by molar-refractivity contribution is 6.31. The summed E-state index contributed by atoms with van der Waals surface area (Å²) in [6, 6.07) is 1.48. The fourth-order valence-electron chi connectivity index (χ4n) is 1.25. The van der Waals surface area contributed by atoms with Crippen LogP contribution < -0.4 is 9.47 Å². The molecule has 0 aliphatic rings. The van der Waals surface area contributed by atoms with E-state index < -0.39 is 0 Å². The van der Waals surface area contributed by atoms with Crippen molar-refractivity contribution in [1.29, 1.82) is 0 Å². The van der Waals surface area contributed by atoms with Gasteiger partial charge >= 0.3 is 0 Å². The third kappa shape index (κ3) is 2.27. The van der Waals surface area contributed by atoms with Gasteiger partial charge in [0.15, 0.2) is 11.5 Å². The summed E-state index contributed by atoms with van der Waals surface area (Å²) >= 11 is 5.89. The molecule has 0 atom stereocenters. The normalized spacial score (nSPS) is 9.44. The predicted molar refractivity (Wildman–Crippen MR) is 58.0 cm³/mol. The smallest absolute Gasteiger partial charge is 0.235 e. The summed E-state index contributed by atoms with van der Waals surface area (Å²) in [5, 5.41) is 10.1. The maximum absolute atomic E-state index is 10.0. The Bertz CT molecular complexity index is 441. The molecule has 86 valence electrons. The van der Waals surface area contributed by atoms with Crippen molar-refractivity contribution < 1.29 is 19.4 Å². The number of ether oxygens (including phenoxy) is 2. The van der Waals surface area contributed by atoms with Crippen LogP contribution in [-0.4, -0.2) is 25.4 Å². The fraction of sp³-hybridized carbons (Fsp3) is 0.300. The van der Waals surface area contributed by atoms with E-state index in [-0.39, 0.29) is 23.1 Å². The largest absolute Gasteiger partial charge is 0.504 e. The van der Waals surface area contributed by atoms with E-state index >= 15 is 0 Å². The predicted octanol–water partition coefficient (Wildman–Crippen LogP) is 1.90. The first-order valence-electron chi connectivity index (χ1n) is 4.31. The van der Waals surface area contributed by atoms with Crippen LogP contribution in [-0.2, 0) is 11.3 Å². The number of rotatable bonds is 4. The topological polar surface area (TPSA) is 68.1 Å². The van der Waals surface area contributed by atoms with E-state index in [9.17, 15) is 9.90 Å². The van der Waals surface area contributed by atoms with Gasteiger partial charge < -0.3 is 14.6 Å². The Kier molecular flexibility index (Phi) is 4.17. The van der Waals surface area contributed by atoms with Crippen LogP contribution in [0, 0.1) is 0 Å². The van der Waals surface area contributed by atoms with Crippen molar-refractivity contribution in [2.24, 2.45) is 4.99 Å². The number of hydrogen-bond donors (Lipinski definition) is 1. The quantitative estimate of drug-likeness (QED) is 0.648. The zero-order valence-corrected chi connectivity index (χ0v) is 9.54. The molecule has 0 saturated heterocycles. The number of aliphatic imine (C=N–C) groups is 1. The minimum atomic E-state index is -0.189. The maximum Gasteiger partial charge on any atom is 0.235 e. The Morgan fingerprint density at radius 2 is 2.19 bits per heavy atom. The fourth-order valence-corrected chi connectivity index (χ4v) is 1.49. The van der Waals surface area contributed by atoms with Crippen molar-refractivity contribution in [3.05, 3.63) is 16.7 Å². The molecule has 1 aromatic carbocycles. The molecule has 0 saturated carbocycles. The lowest BCUT2D eigenvalue weighted by atomic mass is 10.1. The first-order valence-corrected chi connectivity index (χ1v) is 4.69. The lowest BCUT2D eigenvalue weighted by Gasteiger charge is -2.13. The van der Waals surface area contributed by atoms with Gasteiger partial charge in [-0.05, 0) is 0 Å². The van der Waals surface area contributed by atoms with E-state index in [1.807, 2.05) is 0 Å². The monoisotopic (exact) mass is 243 g/mol. The zero-order valence-electron chi connectivity index (χ0n) is 8.78. The number of carbonyl (C=O) groups excluding carboxylic acids is 1. The molecule has 1 rings (SSSR count). The van der Waals surface area contributed by atoms with Crippen LogP contribution in [0.15, 0.2) is 11.1 Å². The maximum atomic E-state index is 10.0. The summed E-state index contributed by atoms with van der Waals surface area (Å²) in [7, 11) is 2.81. The number of methoxy groups -OCH3 is 2. The standard InChI is InChI=1S/C10H10ClNO4/c1-15-8-3-7(11)6(4-12-5-13)9(14)10(8)16-2/h3,14H,4H2,1-2H3. The number of phenolic OH excluding ortho intramolecular Hbond substituents is 1. The van der Waals surface area contributed by atoms with Crippen LogP contribution in [0.4, 0.5) is 0 Å². The Balaban J connectivity index is 3.34. The van der Waals surface area contributed by atoms with Crippen LogP contribution in [0.1, 0.15) is 5.56 Å². The molecule has 6 heteroatoms. The molecule has 5 nitrogen and oxygen atoms in total. The minimum Gasteiger partial charge on any atom is -0.504 e. The summed E-state index contributed by atoms with van der Waals surface area (Å²) in [5.74, 6) is 0.276. The van der Waals surface area contributed by atoms with Gasteiger partial charge in [-0.25, -0.2) is 9.79 Å². The number of aromatic hydroxyl groups is 1. The SMILES string of the molecule is COc1cc(Cl)c(CN=C=O)c(O)c1OC. The van der Waals surface area contributed by atoms with Gasteiger partial charge in [0.05, 0.1) is 25.8 Å². The number of phenols is 1. The lowest BCUT2D eigenvalue weighted by molar-refractivity contribution is 0.331. The van der Waals surface area contributed by atoms with Crippen molar-refractivity contribution in [2.45, 2.75) is 6.54 Å². The highest BCUT2D eigenvalue weighted by Gasteiger charge is 2.17. The van der Waals surface area contributed by atoms with Crippen LogP contribution in [0.2, 0.25) is 5.02 Å². The zero-order chi connectivity index (χ0) is 12.1. The van der Waals surface area contributed by atoms with Crippen molar-refractivity contribution in [3.8, 4) is 17.2 Å². The first-order chi connectivity index (χ1) is 7.65. The summed E-state index contributed by atoms with van der Waals surface area (Å²) in [5.41, 5.74) is 0.294. The van der Waals surface area contributed by atoms with Gasteiger partial charge in [-0.1, -0.05) is 11.6 Å². The third-order valence-electron chi connectivity index (χ3n) is 2.00. The Morgan fingerprint density at radius 3 is 2.69 bits per heavy atom. The van der Waals surface area contributed by atoms with Crippen molar-refractivity contribution in [2.75, 3.05) is 14.2 Å². The molecule has 1 N–H and O–H groups in total. The van der Waals surface area contributed by atoms with Crippen LogP contribution in [0.3, 0.4) is 0 Å². The number of benzene rings is 1. The Hall–Kier alpha value is -1.71. The van der Waals surface area contributed by atoms with Crippen LogP contribution >= 0.6 is 11.6 Å². The van der Waals surface area contributed by atoms with Gasteiger partial charge in [0.25, 0.3) is 0 Å². The number of isocyanates is 1. The van der Waals surface area contributed by atoms with E-state index in [1.54, 1.807) is 0 Å². The number of nitrogens with zero attached hydrogens (tertiary/aromatic N) is 1. The average molecular weight is 244 g/mol. The molecule has 0 unspecified atom stereocenters. The van der Waals surface area contributed by atoms with Gasteiger partial charge in [0.1, 0.15) is 0 Å². The van der Waals surface area contributed by atoms with Crippen LogP contribution in [0.5, 0.6) is 17.2 Å². The first kappa shape index (κ1) is 12.4. The number of halogens is 1. The van der Waals surface area contributed by atoms with Gasteiger partial charge in [-0.3, -0.25) is 0 Å². The van der Waals surface area contributed by atoms with Gasteiger partial charge in [-0.2, -0.15) is 0 Å². The highest BCUT2D eigenvalue weighted by atomic mass is 35.5. The molecule has 0 heterocycles. The molecule has 1 aromatic rings. The Morgan fingerprint density at radius 1 is 1.50 bits per heavy atom. The summed E-state index contributed by atoms with van der Waals surface area (Å²) in [6.45, 7) is -0.0610. The summed E-state index contributed by atoms with van der Waals surface area (Å²) in [6.07, 6.45) is 1.37. The lowest BCUT2D eigenvalue weighted by Crippen LogP contribution is -1.95. The van der Waals surface area contributed by atoms with Crippen molar-refractivity contribution in [3.63, 3.8) is 0 Å². The highest BCUT2D eigenvalue weighted by Crippen LogP contribution is 2.43. The second-order valence-electron chi connectivity index (χ2n) is 2.83. The molecular formula is C10H10ClNO4. The molecule has 0 spiro atoms. The van der Waals surface area contributed by atoms with E-state index in [0.29, 0.717) is 11.3 Å². The average Bonchev–Trinajstić information content (AvgIpc) is 2.28. The van der Waals surface area contributed by atoms with Crippen molar-refractivity contribution in [1.82, 2.24) is 0 Å². The molecule has 0 aliphatic carbocycles. The van der Waals surface area contributed by atoms with Crippen LogP contribution in [0.25, 0.3) is 0 Å². The van der Waals surface area contributed by atoms with E-state index in [2.05, 4.69) is 4.99 Å². The van der Waals surface area contributed by atoms with E-state index in [1.165, 1.54) is 26.4 Å². The van der Waals surface area contributed by atoms with Gasteiger partial charge in [0, 0.05) is 11.6 Å². The molecule has 0 radical (unpaired) electrons. The summed E-state index contributed by atoms with van der Waals surface area (Å²) < 4.78 is 9.95. The summed E-state index contributed by atoms with van der Waals surface area (Å²) in [4.78, 5) is 13.4. The minimum absolute atomic E-state index is 0.0610. The second kappa shape index (κ2) is 5.39. The van der Waals surface area contributed by atoms with Gasteiger partial charge in [-0.15, -0.1) is 0 Å². The van der Waals surface area contributed by atoms with E-state index in [0.717, 1.165) is 0 Å². The molecule has 0 aliphatic heterocycles. The van der Waals surface area contributed by atoms with Crippen molar-refractivity contribution >= 4 is 17.7 Å². The molecule has 0 fully saturated rings.